The summed E-state index contributed by atoms with van der Waals surface area (Å²) in [5.41, 5.74) is 1.08. The van der Waals surface area contributed by atoms with Crippen LogP contribution < -0.4 is 14.8 Å². The maximum Gasteiger partial charge on any atom is 0.251 e. The van der Waals surface area contributed by atoms with Gasteiger partial charge < -0.3 is 19.5 Å². The van der Waals surface area contributed by atoms with Crippen molar-refractivity contribution in [2.75, 3.05) is 32.8 Å². The summed E-state index contributed by atoms with van der Waals surface area (Å²) in [7, 11) is -3.65. The average Bonchev–Trinajstić information content (AvgIpc) is 2.81. The molecule has 34 heavy (non-hydrogen) atoms. The SMILES string of the molecule is CC1CN(S(=O)(=O)c2ccc(C(=O)NCC(C)(C)c3ccc4c(c3)OCCO4)cc2)CC(C)O1. The summed E-state index contributed by atoms with van der Waals surface area (Å²) in [6, 6.07) is 11.9. The molecule has 0 radical (unpaired) electrons. The number of hydrogen-bond acceptors (Lipinski definition) is 6. The quantitative estimate of drug-likeness (QED) is 0.672. The lowest BCUT2D eigenvalue weighted by atomic mass is 9.84. The van der Waals surface area contributed by atoms with Crippen LogP contribution in [0.1, 0.15) is 43.6 Å². The Morgan fingerprint density at radius 2 is 1.62 bits per heavy atom. The Morgan fingerprint density at radius 1 is 1.00 bits per heavy atom. The second kappa shape index (κ2) is 9.56. The molecule has 8 nitrogen and oxygen atoms in total. The van der Waals surface area contributed by atoms with Crippen LogP contribution in [0.2, 0.25) is 0 Å². The van der Waals surface area contributed by atoms with Gasteiger partial charge in [0.15, 0.2) is 11.5 Å². The fourth-order valence-electron chi connectivity index (χ4n) is 4.22. The van der Waals surface area contributed by atoms with E-state index in [1.807, 2.05) is 45.9 Å². The second-order valence-corrected chi connectivity index (χ2v) is 11.5. The summed E-state index contributed by atoms with van der Waals surface area (Å²) >= 11 is 0. The number of rotatable bonds is 6. The van der Waals surface area contributed by atoms with E-state index in [9.17, 15) is 13.2 Å². The smallest absolute Gasteiger partial charge is 0.251 e. The van der Waals surface area contributed by atoms with Gasteiger partial charge in [-0.15, -0.1) is 0 Å². The van der Waals surface area contributed by atoms with Gasteiger partial charge in [0.1, 0.15) is 13.2 Å². The molecule has 0 bridgehead atoms. The molecular formula is C25H32N2O6S. The van der Waals surface area contributed by atoms with Crippen molar-refractivity contribution >= 4 is 15.9 Å². The van der Waals surface area contributed by atoms with Crippen molar-refractivity contribution in [3.63, 3.8) is 0 Å². The zero-order chi connectivity index (χ0) is 24.5. The topological polar surface area (TPSA) is 94.2 Å². The molecule has 0 spiro atoms. The van der Waals surface area contributed by atoms with Gasteiger partial charge in [-0.05, 0) is 55.8 Å². The Balaban J connectivity index is 1.41. The van der Waals surface area contributed by atoms with Gasteiger partial charge in [-0.2, -0.15) is 4.31 Å². The van der Waals surface area contributed by atoms with E-state index in [0.717, 1.165) is 11.3 Å². The molecule has 1 N–H and O–H groups in total. The van der Waals surface area contributed by atoms with Crippen LogP contribution in [0.15, 0.2) is 47.4 Å². The summed E-state index contributed by atoms with van der Waals surface area (Å²) in [6.45, 7) is 9.87. The summed E-state index contributed by atoms with van der Waals surface area (Å²) < 4.78 is 44.4. The number of morpholine rings is 1. The maximum atomic E-state index is 13.0. The number of fused-ring (bicyclic) bond motifs is 1. The summed E-state index contributed by atoms with van der Waals surface area (Å²) in [4.78, 5) is 12.9. The highest BCUT2D eigenvalue weighted by Gasteiger charge is 2.32. The first-order valence-electron chi connectivity index (χ1n) is 11.5. The van der Waals surface area contributed by atoms with Crippen LogP contribution in [-0.2, 0) is 20.2 Å². The van der Waals surface area contributed by atoms with E-state index in [-0.39, 0.29) is 28.4 Å². The minimum absolute atomic E-state index is 0.166. The van der Waals surface area contributed by atoms with Gasteiger partial charge in [0.2, 0.25) is 10.0 Å². The van der Waals surface area contributed by atoms with Crippen molar-refractivity contribution in [3.8, 4) is 11.5 Å². The zero-order valence-corrected chi connectivity index (χ0v) is 20.9. The standard InChI is InChI=1S/C25H32N2O6S/c1-17-14-27(15-18(2)33-17)34(29,30)21-8-5-19(6-9-21)24(28)26-16-25(3,4)20-7-10-22-23(13-20)32-12-11-31-22/h5-10,13,17-18H,11-12,14-16H2,1-4H3,(H,26,28). The average molecular weight is 489 g/mol. The van der Waals surface area contributed by atoms with Crippen LogP contribution in [0.4, 0.5) is 0 Å². The predicted octanol–water partition coefficient (Wildman–Crippen LogP) is 2.96. The first kappa shape index (κ1) is 24.5. The van der Waals surface area contributed by atoms with E-state index in [4.69, 9.17) is 14.2 Å². The van der Waals surface area contributed by atoms with Crippen LogP contribution in [-0.4, -0.2) is 63.7 Å². The minimum atomic E-state index is -3.65. The third-order valence-corrected chi connectivity index (χ3v) is 8.00. The molecule has 0 aromatic heterocycles. The zero-order valence-electron chi connectivity index (χ0n) is 20.0. The van der Waals surface area contributed by atoms with E-state index in [1.165, 1.54) is 16.4 Å². The van der Waals surface area contributed by atoms with Crippen molar-refractivity contribution in [1.82, 2.24) is 9.62 Å². The lowest BCUT2D eigenvalue weighted by molar-refractivity contribution is -0.0440. The molecule has 2 atom stereocenters. The number of sulfonamides is 1. The van der Waals surface area contributed by atoms with Gasteiger partial charge in [0, 0.05) is 30.6 Å². The van der Waals surface area contributed by atoms with Gasteiger partial charge in [-0.25, -0.2) is 8.42 Å². The second-order valence-electron chi connectivity index (χ2n) is 9.53. The van der Waals surface area contributed by atoms with Crippen molar-refractivity contribution in [2.24, 2.45) is 0 Å². The van der Waals surface area contributed by atoms with Crippen LogP contribution >= 0.6 is 0 Å². The van der Waals surface area contributed by atoms with Crippen molar-refractivity contribution in [3.05, 3.63) is 53.6 Å². The van der Waals surface area contributed by atoms with E-state index < -0.39 is 10.0 Å². The first-order valence-corrected chi connectivity index (χ1v) is 12.9. The van der Waals surface area contributed by atoms with Crippen LogP contribution in [0.3, 0.4) is 0 Å². The van der Waals surface area contributed by atoms with Crippen molar-refractivity contribution < 1.29 is 27.4 Å². The predicted molar refractivity (Wildman–Crippen MR) is 128 cm³/mol. The molecule has 2 heterocycles. The Hall–Kier alpha value is -2.62. The first-order chi connectivity index (χ1) is 16.1. The molecule has 2 aromatic rings. The lowest BCUT2D eigenvalue weighted by Gasteiger charge is -2.34. The minimum Gasteiger partial charge on any atom is -0.486 e. The molecule has 2 aliphatic rings. The van der Waals surface area contributed by atoms with Crippen molar-refractivity contribution in [1.29, 1.82) is 0 Å². The number of carbonyl (C=O) groups is 1. The monoisotopic (exact) mass is 488 g/mol. The third kappa shape index (κ3) is 5.21. The highest BCUT2D eigenvalue weighted by Crippen LogP contribution is 2.35. The number of amides is 1. The summed E-state index contributed by atoms with van der Waals surface area (Å²) in [6.07, 6.45) is -0.331. The fraction of sp³-hybridized carbons (Fsp3) is 0.480. The molecule has 9 heteroatoms. The highest BCUT2D eigenvalue weighted by molar-refractivity contribution is 7.89. The van der Waals surface area contributed by atoms with Gasteiger partial charge >= 0.3 is 0 Å². The number of carbonyl (C=O) groups excluding carboxylic acids is 1. The van der Waals surface area contributed by atoms with E-state index in [0.29, 0.717) is 44.2 Å². The van der Waals surface area contributed by atoms with Crippen LogP contribution in [0.5, 0.6) is 11.5 Å². The number of hydrogen-bond donors (Lipinski definition) is 1. The molecule has 2 aliphatic heterocycles. The summed E-state index contributed by atoms with van der Waals surface area (Å²) in [5, 5.41) is 2.96. The van der Waals surface area contributed by atoms with E-state index in [2.05, 4.69) is 5.32 Å². The van der Waals surface area contributed by atoms with Gasteiger partial charge in [-0.3, -0.25) is 4.79 Å². The van der Waals surface area contributed by atoms with Gasteiger partial charge in [0.05, 0.1) is 17.1 Å². The van der Waals surface area contributed by atoms with E-state index in [1.54, 1.807) is 12.1 Å². The Morgan fingerprint density at radius 3 is 2.26 bits per heavy atom. The molecule has 0 aliphatic carbocycles. The lowest BCUT2D eigenvalue weighted by Crippen LogP contribution is -2.48. The molecule has 0 saturated carbocycles. The normalized spacial score (nSPS) is 21.2. The molecule has 2 unspecified atom stereocenters. The van der Waals surface area contributed by atoms with E-state index >= 15 is 0 Å². The van der Waals surface area contributed by atoms with Crippen LogP contribution in [0.25, 0.3) is 0 Å². The number of nitrogens with one attached hydrogen (secondary N) is 1. The molecule has 184 valence electrons. The highest BCUT2D eigenvalue weighted by atomic mass is 32.2. The number of nitrogens with zero attached hydrogens (tertiary/aromatic N) is 1. The molecular weight excluding hydrogens is 456 g/mol. The largest absolute Gasteiger partial charge is 0.486 e. The number of benzene rings is 2. The molecule has 4 rings (SSSR count). The third-order valence-electron chi connectivity index (χ3n) is 6.15. The Kier molecular flexibility index (Phi) is 6.89. The Bertz CT molecular complexity index is 1140. The molecule has 1 saturated heterocycles. The van der Waals surface area contributed by atoms with Gasteiger partial charge in [-0.1, -0.05) is 19.9 Å². The van der Waals surface area contributed by atoms with Crippen molar-refractivity contribution in [2.45, 2.75) is 50.2 Å². The Labute approximate surface area is 201 Å². The number of ether oxygens (including phenoxy) is 3. The fourth-order valence-corrected chi connectivity index (χ4v) is 5.81. The van der Waals surface area contributed by atoms with Crippen LogP contribution in [0, 0.1) is 0 Å². The molecule has 2 aromatic carbocycles. The maximum absolute atomic E-state index is 13.0. The summed E-state index contributed by atoms with van der Waals surface area (Å²) in [5.74, 6) is 1.18. The molecule has 1 amide bonds. The molecule has 1 fully saturated rings. The van der Waals surface area contributed by atoms with Gasteiger partial charge in [0.25, 0.3) is 5.91 Å².